The van der Waals surface area contributed by atoms with E-state index in [-0.39, 0.29) is 0 Å². The van der Waals surface area contributed by atoms with Crippen molar-refractivity contribution in [1.82, 2.24) is 15.0 Å². The van der Waals surface area contributed by atoms with Crippen molar-refractivity contribution in [1.29, 1.82) is 0 Å². The molecule has 0 radical (unpaired) electrons. The van der Waals surface area contributed by atoms with Crippen LogP contribution in [0.25, 0.3) is 11.4 Å². The summed E-state index contributed by atoms with van der Waals surface area (Å²) < 4.78 is 16.0. The van der Waals surface area contributed by atoms with Crippen molar-refractivity contribution in [2.75, 3.05) is 39.5 Å². The molecule has 1 aromatic heterocycles. The van der Waals surface area contributed by atoms with Crippen LogP contribution in [0.3, 0.4) is 0 Å². The van der Waals surface area contributed by atoms with Gasteiger partial charge in [0.2, 0.25) is 12.2 Å². The van der Waals surface area contributed by atoms with Gasteiger partial charge in [0.05, 0.1) is 0 Å². The molecule has 0 spiro atoms. The van der Waals surface area contributed by atoms with Gasteiger partial charge in [-0.2, -0.15) is 4.98 Å². The number of ether oxygens (including phenoxy) is 2. The minimum Gasteiger partial charge on any atom is -0.492 e. The maximum Gasteiger partial charge on any atom is 0.214 e. The molecule has 3 rings (SSSR count). The highest BCUT2D eigenvalue weighted by Gasteiger charge is 2.08. The van der Waals surface area contributed by atoms with Crippen molar-refractivity contribution in [3.05, 3.63) is 30.7 Å². The largest absolute Gasteiger partial charge is 0.492 e. The van der Waals surface area contributed by atoms with Gasteiger partial charge in [0.15, 0.2) is 0 Å². The fourth-order valence-corrected chi connectivity index (χ4v) is 2.51. The van der Waals surface area contributed by atoms with Crippen LogP contribution in [0.15, 0.2) is 35.2 Å². The predicted molar refractivity (Wildman–Crippen MR) is 81.7 cm³/mol. The van der Waals surface area contributed by atoms with Gasteiger partial charge in [-0.25, -0.2) is 0 Å². The molecule has 0 N–H and O–H groups in total. The lowest BCUT2D eigenvalue weighted by atomic mass is 10.2. The van der Waals surface area contributed by atoms with Crippen LogP contribution >= 0.6 is 0 Å². The van der Waals surface area contributed by atoms with E-state index >= 15 is 0 Å². The summed E-state index contributed by atoms with van der Waals surface area (Å²) in [4.78, 5) is 6.46. The van der Waals surface area contributed by atoms with Crippen molar-refractivity contribution < 1.29 is 14.0 Å². The molecule has 0 bridgehead atoms. The maximum absolute atomic E-state index is 5.82. The zero-order valence-electron chi connectivity index (χ0n) is 12.6. The summed E-state index contributed by atoms with van der Waals surface area (Å²) in [6.07, 6.45) is 3.52. The molecule has 0 unspecified atom stereocenters. The van der Waals surface area contributed by atoms with E-state index in [1.807, 2.05) is 24.3 Å². The maximum atomic E-state index is 5.82. The second kappa shape index (κ2) is 7.91. The van der Waals surface area contributed by atoms with E-state index in [1.54, 1.807) is 0 Å². The average Bonchev–Trinajstić information content (AvgIpc) is 3.04. The van der Waals surface area contributed by atoms with E-state index in [2.05, 4.69) is 15.0 Å². The summed E-state index contributed by atoms with van der Waals surface area (Å²) >= 11 is 0. The molecular weight excluding hydrogens is 282 g/mol. The molecule has 0 atom stereocenters. The van der Waals surface area contributed by atoms with Crippen LogP contribution in [-0.4, -0.2) is 54.5 Å². The molecule has 1 saturated heterocycles. The number of nitrogens with zero attached hydrogens (tertiary/aromatic N) is 3. The second-order valence-corrected chi connectivity index (χ2v) is 5.29. The number of hydrogen-bond donors (Lipinski definition) is 0. The smallest absolute Gasteiger partial charge is 0.214 e. The molecule has 1 aliphatic rings. The fourth-order valence-electron chi connectivity index (χ4n) is 2.51. The highest BCUT2D eigenvalue weighted by Crippen LogP contribution is 2.19. The Morgan fingerprint density at radius 2 is 1.86 bits per heavy atom. The Bertz CT molecular complexity index is 534. The number of benzene rings is 1. The van der Waals surface area contributed by atoms with E-state index in [1.165, 1.54) is 6.39 Å². The third-order valence-corrected chi connectivity index (χ3v) is 3.68. The quantitative estimate of drug-likeness (QED) is 0.844. The van der Waals surface area contributed by atoms with Crippen molar-refractivity contribution in [2.45, 2.75) is 12.8 Å². The van der Waals surface area contributed by atoms with E-state index in [0.717, 1.165) is 57.0 Å². The van der Waals surface area contributed by atoms with E-state index < -0.39 is 0 Å². The van der Waals surface area contributed by atoms with Gasteiger partial charge in [0.1, 0.15) is 12.4 Å². The number of hydrogen-bond acceptors (Lipinski definition) is 6. The summed E-state index contributed by atoms with van der Waals surface area (Å²) in [5, 5.41) is 3.81. The van der Waals surface area contributed by atoms with Crippen LogP contribution < -0.4 is 4.74 Å². The van der Waals surface area contributed by atoms with E-state index in [4.69, 9.17) is 14.0 Å². The lowest BCUT2D eigenvalue weighted by Gasteiger charge is -2.24. The third-order valence-electron chi connectivity index (χ3n) is 3.68. The van der Waals surface area contributed by atoms with Gasteiger partial charge in [0, 0.05) is 38.4 Å². The molecular formula is C16H21N3O3. The van der Waals surface area contributed by atoms with Crippen LogP contribution in [0.4, 0.5) is 0 Å². The van der Waals surface area contributed by atoms with Crippen LogP contribution in [0, 0.1) is 0 Å². The molecule has 2 aromatic rings. The van der Waals surface area contributed by atoms with Gasteiger partial charge < -0.3 is 14.0 Å². The van der Waals surface area contributed by atoms with Gasteiger partial charge in [0.25, 0.3) is 0 Å². The first-order valence-corrected chi connectivity index (χ1v) is 7.71. The zero-order chi connectivity index (χ0) is 15.0. The Morgan fingerprint density at radius 1 is 1.09 bits per heavy atom. The van der Waals surface area contributed by atoms with E-state index in [0.29, 0.717) is 12.4 Å². The Hall–Kier alpha value is -1.92. The Morgan fingerprint density at radius 3 is 2.55 bits per heavy atom. The molecule has 2 heterocycles. The van der Waals surface area contributed by atoms with Gasteiger partial charge in [-0.3, -0.25) is 4.90 Å². The highest BCUT2D eigenvalue weighted by molar-refractivity contribution is 5.55. The first kappa shape index (κ1) is 15.0. The number of rotatable bonds is 5. The lowest BCUT2D eigenvalue weighted by Crippen LogP contribution is -2.33. The minimum atomic E-state index is 0.592. The SMILES string of the molecule is c1nc(-c2ccc(OCCN3CCCOCCC3)cc2)no1. The average molecular weight is 303 g/mol. The third kappa shape index (κ3) is 4.29. The lowest BCUT2D eigenvalue weighted by molar-refractivity contribution is 0.0837. The summed E-state index contributed by atoms with van der Waals surface area (Å²) in [7, 11) is 0. The standard InChI is InChI=1S/C16H21N3O3/c1-7-19(8-2-11-20-10-1)9-12-21-15-5-3-14(4-6-15)16-17-13-22-18-16/h3-6,13H,1-2,7-12H2. The molecule has 1 aliphatic heterocycles. The van der Waals surface area contributed by atoms with Crippen LogP contribution in [0.1, 0.15) is 12.8 Å². The molecule has 0 amide bonds. The van der Waals surface area contributed by atoms with Crippen molar-refractivity contribution in [3.63, 3.8) is 0 Å². The second-order valence-electron chi connectivity index (χ2n) is 5.29. The van der Waals surface area contributed by atoms with E-state index in [9.17, 15) is 0 Å². The first-order valence-electron chi connectivity index (χ1n) is 7.71. The monoisotopic (exact) mass is 303 g/mol. The summed E-state index contributed by atoms with van der Waals surface area (Å²) in [5.74, 6) is 1.46. The summed E-state index contributed by atoms with van der Waals surface area (Å²) in [6, 6.07) is 7.75. The summed E-state index contributed by atoms with van der Waals surface area (Å²) in [5.41, 5.74) is 0.921. The molecule has 6 heteroatoms. The topological polar surface area (TPSA) is 60.6 Å². The Labute approximate surface area is 130 Å². The molecule has 6 nitrogen and oxygen atoms in total. The van der Waals surface area contributed by atoms with Crippen molar-refractivity contribution >= 4 is 0 Å². The van der Waals surface area contributed by atoms with Gasteiger partial charge in [-0.15, -0.1) is 0 Å². The Balaban J connectivity index is 1.45. The molecule has 0 saturated carbocycles. The van der Waals surface area contributed by atoms with Crippen molar-refractivity contribution in [3.8, 4) is 17.1 Å². The molecule has 22 heavy (non-hydrogen) atoms. The zero-order valence-corrected chi connectivity index (χ0v) is 12.6. The Kier molecular flexibility index (Phi) is 5.39. The summed E-state index contributed by atoms with van der Waals surface area (Å²) in [6.45, 7) is 5.55. The molecule has 0 aliphatic carbocycles. The molecule has 118 valence electrons. The molecule has 1 aromatic carbocycles. The molecule has 1 fully saturated rings. The van der Waals surface area contributed by atoms with Crippen LogP contribution in [0.5, 0.6) is 5.75 Å². The van der Waals surface area contributed by atoms with Gasteiger partial charge in [-0.05, 0) is 37.1 Å². The van der Waals surface area contributed by atoms with Gasteiger partial charge in [-0.1, -0.05) is 5.16 Å². The predicted octanol–water partition coefficient (Wildman–Crippen LogP) is 2.23. The van der Waals surface area contributed by atoms with Gasteiger partial charge >= 0.3 is 0 Å². The highest BCUT2D eigenvalue weighted by atomic mass is 16.5. The van der Waals surface area contributed by atoms with Crippen LogP contribution in [0.2, 0.25) is 0 Å². The first-order chi connectivity index (χ1) is 10.9. The fraction of sp³-hybridized carbons (Fsp3) is 0.500. The van der Waals surface area contributed by atoms with Crippen LogP contribution in [-0.2, 0) is 4.74 Å². The normalized spacial score (nSPS) is 16.9. The minimum absolute atomic E-state index is 0.592. The van der Waals surface area contributed by atoms with Crippen molar-refractivity contribution in [2.24, 2.45) is 0 Å². The number of aromatic nitrogens is 2.